The lowest BCUT2D eigenvalue weighted by Gasteiger charge is -2.23. The van der Waals surface area contributed by atoms with Crippen molar-refractivity contribution < 1.29 is 4.79 Å². The van der Waals surface area contributed by atoms with E-state index in [1.807, 2.05) is 31.0 Å². The van der Waals surface area contributed by atoms with Crippen molar-refractivity contribution in [2.45, 2.75) is 44.4 Å². The second kappa shape index (κ2) is 6.13. The summed E-state index contributed by atoms with van der Waals surface area (Å²) in [4.78, 5) is 16.3. The molecule has 106 valence electrons. The Morgan fingerprint density at radius 3 is 3.00 bits per heavy atom. The van der Waals surface area contributed by atoms with Gasteiger partial charge in [0.2, 0.25) is 0 Å². The summed E-state index contributed by atoms with van der Waals surface area (Å²) in [6.45, 7) is 6.88. The molecule has 2 heterocycles. The predicted octanol–water partition coefficient (Wildman–Crippen LogP) is 3.10. The minimum atomic E-state index is -0.103. The largest absolute Gasteiger partial charge is 0.337 e. The molecule has 4 nitrogen and oxygen atoms in total. The van der Waals surface area contributed by atoms with Gasteiger partial charge in [-0.2, -0.15) is 11.8 Å². The van der Waals surface area contributed by atoms with Gasteiger partial charge in [-0.1, -0.05) is 0 Å². The molecular weight excluding hydrogens is 278 g/mol. The molecule has 1 aromatic rings. The van der Waals surface area contributed by atoms with Crippen molar-refractivity contribution in [2.24, 2.45) is 0 Å². The second-order valence-corrected chi connectivity index (χ2v) is 7.85. The van der Waals surface area contributed by atoms with Crippen LogP contribution in [0.5, 0.6) is 0 Å². The molecule has 1 saturated heterocycles. The highest BCUT2D eigenvalue weighted by atomic mass is 32.2. The summed E-state index contributed by atoms with van der Waals surface area (Å²) < 4.78 is 0.207. The number of aromatic nitrogens is 1. The first-order valence-corrected chi connectivity index (χ1v) is 8.45. The predicted molar refractivity (Wildman–Crippen MR) is 81.9 cm³/mol. The van der Waals surface area contributed by atoms with E-state index in [9.17, 15) is 4.79 Å². The van der Waals surface area contributed by atoms with Crippen LogP contribution in [0.15, 0.2) is 5.38 Å². The molecule has 1 aliphatic heterocycles. The molecule has 0 spiro atoms. The summed E-state index contributed by atoms with van der Waals surface area (Å²) in [6.07, 6.45) is 2.43. The number of hydrogen-bond donors (Lipinski definition) is 2. The maximum absolute atomic E-state index is 11.9. The summed E-state index contributed by atoms with van der Waals surface area (Å²) in [5.74, 6) is 1.20. The minimum Gasteiger partial charge on any atom is -0.337 e. The SMILES string of the molecule is Cc1csc([C@@H](C)NC(=O)NC[C@]2(C)CCCS2)n1. The fraction of sp³-hybridized carbons (Fsp3) is 0.692. The van der Waals surface area contributed by atoms with Gasteiger partial charge in [0.15, 0.2) is 0 Å². The van der Waals surface area contributed by atoms with Gasteiger partial charge in [0.05, 0.1) is 6.04 Å². The van der Waals surface area contributed by atoms with E-state index in [1.54, 1.807) is 11.3 Å². The maximum atomic E-state index is 11.9. The molecule has 1 aromatic heterocycles. The van der Waals surface area contributed by atoms with Gasteiger partial charge < -0.3 is 10.6 Å². The quantitative estimate of drug-likeness (QED) is 0.898. The first-order chi connectivity index (χ1) is 8.98. The summed E-state index contributed by atoms with van der Waals surface area (Å²) >= 11 is 3.54. The van der Waals surface area contributed by atoms with Crippen LogP contribution in [0.2, 0.25) is 0 Å². The van der Waals surface area contributed by atoms with Crippen molar-refractivity contribution in [1.82, 2.24) is 15.6 Å². The Kier molecular flexibility index (Phi) is 4.73. The first kappa shape index (κ1) is 14.7. The Morgan fingerprint density at radius 1 is 1.63 bits per heavy atom. The van der Waals surface area contributed by atoms with Crippen LogP contribution in [0.4, 0.5) is 4.79 Å². The highest BCUT2D eigenvalue weighted by molar-refractivity contribution is 8.00. The van der Waals surface area contributed by atoms with Crippen LogP contribution >= 0.6 is 23.1 Å². The summed E-state index contributed by atoms with van der Waals surface area (Å²) in [5.41, 5.74) is 1.00. The number of urea groups is 1. The van der Waals surface area contributed by atoms with Gasteiger partial charge in [0, 0.05) is 22.4 Å². The molecule has 0 radical (unpaired) electrons. The monoisotopic (exact) mass is 299 g/mol. The van der Waals surface area contributed by atoms with E-state index in [0.29, 0.717) is 0 Å². The number of nitrogens with zero attached hydrogens (tertiary/aromatic N) is 1. The Morgan fingerprint density at radius 2 is 2.42 bits per heavy atom. The molecule has 19 heavy (non-hydrogen) atoms. The number of nitrogens with one attached hydrogen (secondary N) is 2. The Hall–Kier alpha value is -0.750. The van der Waals surface area contributed by atoms with E-state index in [-0.39, 0.29) is 16.8 Å². The number of hydrogen-bond acceptors (Lipinski definition) is 4. The summed E-state index contributed by atoms with van der Waals surface area (Å²) in [5, 5.41) is 8.87. The fourth-order valence-electron chi connectivity index (χ4n) is 2.12. The zero-order valence-corrected chi connectivity index (χ0v) is 13.3. The number of amides is 2. The van der Waals surface area contributed by atoms with Gasteiger partial charge in [-0.3, -0.25) is 0 Å². The lowest BCUT2D eigenvalue weighted by molar-refractivity contribution is 0.237. The number of thiazole rings is 1. The van der Waals surface area contributed by atoms with Gasteiger partial charge in [0.25, 0.3) is 0 Å². The zero-order chi connectivity index (χ0) is 13.9. The number of rotatable bonds is 4. The second-order valence-electron chi connectivity index (χ2n) is 5.28. The molecule has 6 heteroatoms. The molecule has 2 N–H and O–H groups in total. The number of carbonyl (C=O) groups is 1. The van der Waals surface area contributed by atoms with E-state index in [1.165, 1.54) is 18.6 Å². The van der Waals surface area contributed by atoms with Crippen molar-refractivity contribution in [2.75, 3.05) is 12.3 Å². The highest BCUT2D eigenvalue weighted by Gasteiger charge is 2.29. The molecule has 1 fully saturated rings. The summed E-state index contributed by atoms with van der Waals surface area (Å²) in [7, 11) is 0. The Labute approximate surface area is 122 Å². The van der Waals surface area contributed by atoms with Crippen molar-refractivity contribution in [3.63, 3.8) is 0 Å². The lowest BCUT2D eigenvalue weighted by atomic mass is 10.1. The van der Waals surface area contributed by atoms with E-state index in [2.05, 4.69) is 22.5 Å². The van der Waals surface area contributed by atoms with Crippen LogP contribution in [-0.4, -0.2) is 28.1 Å². The van der Waals surface area contributed by atoms with Gasteiger partial charge in [0.1, 0.15) is 5.01 Å². The van der Waals surface area contributed by atoms with Gasteiger partial charge in [-0.25, -0.2) is 9.78 Å². The van der Waals surface area contributed by atoms with Crippen LogP contribution in [0.3, 0.4) is 0 Å². The number of thioether (sulfide) groups is 1. The van der Waals surface area contributed by atoms with Crippen molar-refractivity contribution >= 4 is 29.1 Å². The maximum Gasteiger partial charge on any atom is 0.315 e. The fourth-order valence-corrected chi connectivity index (χ4v) is 4.17. The normalized spacial score (nSPS) is 24.2. The Balaban J connectivity index is 1.78. The number of aryl methyl sites for hydroxylation is 1. The average molecular weight is 299 g/mol. The lowest BCUT2D eigenvalue weighted by Crippen LogP contribution is -2.43. The Bertz CT molecular complexity index is 441. The van der Waals surface area contributed by atoms with E-state index in [4.69, 9.17) is 0 Å². The van der Waals surface area contributed by atoms with Crippen LogP contribution in [0, 0.1) is 6.92 Å². The molecule has 2 rings (SSSR count). The van der Waals surface area contributed by atoms with Crippen LogP contribution in [0.25, 0.3) is 0 Å². The third-order valence-corrected chi connectivity index (χ3v) is 5.96. The third kappa shape index (κ3) is 4.11. The van der Waals surface area contributed by atoms with Crippen molar-refractivity contribution in [1.29, 1.82) is 0 Å². The zero-order valence-electron chi connectivity index (χ0n) is 11.7. The first-order valence-electron chi connectivity index (χ1n) is 6.59. The molecule has 0 aromatic carbocycles. The smallest absolute Gasteiger partial charge is 0.315 e. The van der Waals surface area contributed by atoms with Crippen molar-refractivity contribution in [3.05, 3.63) is 16.1 Å². The van der Waals surface area contributed by atoms with Crippen LogP contribution in [-0.2, 0) is 0 Å². The van der Waals surface area contributed by atoms with Gasteiger partial charge in [-0.05, 0) is 39.4 Å². The van der Waals surface area contributed by atoms with E-state index >= 15 is 0 Å². The van der Waals surface area contributed by atoms with E-state index in [0.717, 1.165) is 17.2 Å². The summed E-state index contributed by atoms with van der Waals surface area (Å²) in [6, 6.07) is -0.142. The molecule has 2 atom stereocenters. The average Bonchev–Trinajstić information content (AvgIpc) is 2.96. The molecule has 0 bridgehead atoms. The third-order valence-electron chi connectivity index (χ3n) is 3.28. The topological polar surface area (TPSA) is 54.0 Å². The minimum absolute atomic E-state index is 0.0391. The molecular formula is C13H21N3OS2. The molecule has 0 saturated carbocycles. The molecule has 2 amide bonds. The van der Waals surface area contributed by atoms with Crippen molar-refractivity contribution in [3.8, 4) is 0 Å². The molecule has 1 aliphatic rings. The van der Waals surface area contributed by atoms with Gasteiger partial charge in [-0.15, -0.1) is 11.3 Å². The van der Waals surface area contributed by atoms with E-state index < -0.39 is 0 Å². The molecule has 0 unspecified atom stereocenters. The number of carbonyl (C=O) groups excluding carboxylic acids is 1. The standard InChI is InChI=1S/C13H21N3OS2/c1-9-7-18-11(15-9)10(2)16-12(17)14-8-13(3)5-4-6-19-13/h7,10H,4-6,8H2,1-3H3,(H2,14,16,17)/t10-,13+/m1/s1. The van der Waals surface area contributed by atoms with Crippen LogP contribution < -0.4 is 10.6 Å². The van der Waals surface area contributed by atoms with Crippen LogP contribution in [0.1, 0.15) is 43.4 Å². The molecule has 0 aliphatic carbocycles. The highest BCUT2D eigenvalue weighted by Crippen LogP contribution is 2.36. The van der Waals surface area contributed by atoms with Gasteiger partial charge >= 0.3 is 6.03 Å².